The molecule has 0 saturated carbocycles. The second kappa shape index (κ2) is 8.72. The van der Waals surface area contributed by atoms with E-state index in [9.17, 15) is 17.2 Å². The molecule has 2 aromatic heterocycles. The molecular weight excluding hydrogens is 396 g/mol. The van der Waals surface area contributed by atoms with Gasteiger partial charge in [-0.15, -0.1) is 0 Å². The summed E-state index contributed by atoms with van der Waals surface area (Å²) >= 11 is 1.32. The Balaban J connectivity index is 1.33. The van der Waals surface area contributed by atoms with E-state index in [0.717, 1.165) is 48.8 Å². The van der Waals surface area contributed by atoms with Gasteiger partial charge in [0.15, 0.2) is 0 Å². The van der Waals surface area contributed by atoms with Gasteiger partial charge in [-0.1, -0.05) is 12.8 Å². The van der Waals surface area contributed by atoms with Crippen LogP contribution in [0.2, 0.25) is 0 Å². The molecule has 0 spiro atoms. The van der Waals surface area contributed by atoms with E-state index in [4.69, 9.17) is 0 Å². The Morgan fingerprint density at radius 1 is 1.11 bits per heavy atom. The standard InChI is InChI=1S/C16H19F2N5O2S2/c17-12-5-6-14(13(18)11-12)27(24,25)21-8-4-2-1-3-7-19-15-22-26-16-20-9-10-23(15)16/h5-6,9-11,21H,1-4,7-8H2,(H,19,22). The molecule has 0 aliphatic carbocycles. The van der Waals surface area contributed by atoms with Gasteiger partial charge in [0, 0.05) is 43.1 Å². The van der Waals surface area contributed by atoms with Gasteiger partial charge in [0.05, 0.1) is 0 Å². The van der Waals surface area contributed by atoms with Crippen LogP contribution < -0.4 is 10.0 Å². The molecule has 1 aromatic carbocycles. The van der Waals surface area contributed by atoms with Crippen molar-refractivity contribution in [2.45, 2.75) is 30.6 Å². The number of halogens is 2. The third-order valence-corrected chi connectivity index (χ3v) is 6.13. The van der Waals surface area contributed by atoms with Crippen molar-refractivity contribution >= 4 is 32.5 Å². The number of aromatic nitrogens is 3. The summed E-state index contributed by atoms with van der Waals surface area (Å²) < 4.78 is 59.0. The predicted molar refractivity (Wildman–Crippen MR) is 99.4 cm³/mol. The highest BCUT2D eigenvalue weighted by molar-refractivity contribution is 7.89. The number of nitrogens with one attached hydrogen (secondary N) is 2. The number of imidazole rings is 1. The molecule has 7 nitrogen and oxygen atoms in total. The van der Waals surface area contributed by atoms with Gasteiger partial charge in [-0.05, 0) is 25.0 Å². The van der Waals surface area contributed by atoms with Crippen molar-refractivity contribution in [3.05, 3.63) is 42.2 Å². The lowest BCUT2D eigenvalue weighted by molar-refractivity contribution is 0.540. The maximum absolute atomic E-state index is 13.6. The molecule has 0 bridgehead atoms. The van der Waals surface area contributed by atoms with Gasteiger partial charge in [0.1, 0.15) is 16.5 Å². The molecule has 2 heterocycles. The summed E-state index contributed by atoms with van der Waals surface area (Å²) in [6.45, 7) is 0.956. The molecule has 11 heteroatoms. The van der Waals surface area contributed by atoms with Crippen molar-refractivity contribution < 1.29 is 17.2 Å². The van der Waals surface area contributed by atoms with Crippen molar-refractivity contribution in [1.29, 1.82) is 0 Å². The normalized spacial score (nSPS) is 11.9. The zero-order valence-electron chi connectivity index (χ0n) is 14.4. The smallest absolute Gasteiger partial charge is 0.243 e. The molecule has 0 fully saturated rings. The summed E-state index contributed by atoms with van der Waals surface area (Å²) in [5, 5.41) is 3.24. The summed E-state index contributed by atoms with van der Waals surface area (Å²) in [5.41, 5.74) is 0. The molecule has 0 aliphatic rings. The number of hydrogen-bond donors (Lipinski definition) is 2. The van der Waals surface area contributed by atoms with Crippen LogP contribution in [0.1, 0.15) is 25.7 Å². The number of sulfonamides is 1. The fraction of sp³-hybridized carbons (Fsp3) is 0.375. The molecule has 0 unspecified atom stereocenters. The summed E-state index contributed by atoms with van der Waals surface area (Å²) in [6, 6.07) is 2.40. The third kappa shape index (κ3) is 4.99. The number of nitrogens with zero attached hydrogens (tertiary/aromatic N) is 3. The van der Waals surface area contributed by atoms with Gasteiger partial charge < -0.3 is 5.32 Å². The Morgan fingerprint density at radius 3 is 2.67 bits per heavy atom. The minimum Gasteiger partial charge on any atom is -0.355 e. The minimum absolute atomic E-state index is 0.203. The van der Waals surface area contributed by atoms with Gasteiger partial charge in [-0.25, -0.2) is 26.9 Å². The van der Waals surface area contributed by atoms with E-state index < -0.39 is 26.6 Å². The van der Waals surface area contributed by atoms with E-state index in [1.165, 1.54) is 11.5 Å². The number of rotatable bonds is 10. The highest BCUT2D eigenvalue weighted by Crippen LogP contribution is 2.16. The lowest BCUT2D eigenvalue weighted by Crippen LogP contribution is -2.25. The maximum Gasteiger partial charge on any atom is 0.243 e. The Kier molecular flexibility index (Phi) is 6.34. The summed E-state index contributed by atoms with van der Waals surface area (Å²) in [4.78, 5) is 4.45. The number of benzene rings is 1. The Bertz CT molecular complexity index is 1000. The van der Waals surface area contributed by atoms with Crippen molar-refractivity contribution in [3.8, 4) is 0 Å². The van der Waals surface area contributed by atoms with Crippen molar-refractivity contribution in [3.63, 3.8) is 0 Å². The van der Waals surface area contributed by atoms with Gasteiger partial charge in [0.25, 0.3) is 0 Å². The number of fused-ring (bicyclic) bond motifs is 1. The van der Waals surface area contributed by atoms with Gasteiger partial charge in [-0.2, -0.15) is 4.37 Å². The average molecular weight is 415 g/mol. The fourth-order valence-corrected chi connectivity index (χ4v) is 4.34. The van der Waals surface area contributed by atoms with Crippen molar-refractivity contribution in [2.24, 2.45) is 0 Å². The SMILES string of the molecule is O=S(=O)(NCCCCCCNc1nsc2nccn12)c1ccc(F)cc1F. The molecule has 0 saturated heterocycles. The molecular formula is C16H19F2N5O2S2. The van der Waals surface area contributed by atoms with E-state index in [-0.39, 0.29) is 6.54 Å². The lowest BCUT2D eigenvalue weighted by atomic mass is 10.2. The zero-order chi connectivity index (χ0) is 19.3. The van der Waals surface area contributed by atoms with Crippen LogP contribution in [-0.2, 0) is 10.0 Å². The molecule has 0 radical (unpaired) electrons. The Hall–Kier alpha value is -2.11. The Labute approximate surface area is 159 Å². The molecule has 0 amide bonds. The van der Waals surface area contributed by atoms with E-state index in [1.807, 2.05) is 10.6 Å². The highest BCUT2D eigenvalue weighted by atomic mass is 32.2. The maximum atomic E-state index is 13.6. The van der Waals surface area contributed by atoms with E-state index in [2.05, 4.69) is 19.4 Å². The van der Waals surface area contributed by atoms with E-state index >= 15 is 0 Å². The second-order valence-electron chi connectivity index (χ2n) is 5.90. The van der Waals surface area contributed by atoms with Crippen LogP contribution in [0.25, 0.3) is 4.96 Å². The quantitative estimate of drug-likeness (QED) is 0.497. The van der Waals surface area contributed by atoms with Crippen LogP contribution in [0.4, 0.5) is 14.7 Å². The summed E-state index contributed by atoms with van der Waals surface area (Å²) in [6.07, 6.45) is 6.84. The monoisotopic (exact) mass is 415 g/mol. The first kappa shape index (κ1) is 19.6. The first-order chi connectivity index (χ1) is 13.0. The molecule has 27 heavy (non-hydrogen) atoms. The van der Waals surface area contributed by atoms with E-state index in [1.54, 1.807) is 6.20 Å². The second-order valence-corrected chi connectivity index (χ2v) is 8.37. The summed E-state index contributed by atoms with van der Waals surface area (Å²) in [5.74, 6) is -1.14. The van der Waals surface area contributed by atoms with Crippen LogP contribution >= 0.6 is 11.5 Å². The van der Waals surface area contributed by atoms with Crippen LogP contribution in [0, 0.1) is 11.6 Å². The average Bonchev–Trinajstić information content (AvgIpc) is 3.21. The van der Waals surface area contributed by atoms with E-state index in [0.29, 0.717) is 12.5 Å². The van der Waals surface area contributed by atoms with Crippen molar-refractivity contribution in [1.82, 2.24) is 18.5 Å². The first-order valence-corrected chi connectivity index (χ1v) is 10.7. The predicted octanol–water partition coefficient (Wildman–Crippen LogP) is 3.02. The molecule has 0 atom stereocenters. The van der Waals surface area contributed by atoms with Crippen LogP contribution in [0.5, 0.6) is 0 Å². The topological polar surface area (TPSA) is 88.4 Å². The summed E-state index contributed by atoms with van der Waals surface area (Å²) in [7, 11) is -3.97. The molecule has 2 N–H and O–H groups in total. The molecule has 0 aliphatic heterocycles. The van der Waals surface area contributed by atoms with Crippen molar-refractivity contribution in [2.75, 3.05) is 18.4 Å². The highest BCUT2D eigenvalue weighted by Gasteiger charge is 2.18. The number of anilines is 1. The number of hydrogen-bond acceptors (Lipinski definition) is 6. The van der Waals surface area contributed by atoms with Crippen LogP contribution in [0.3, 0.4) is 0 Å². The van der Waals surface area contributed by atoms with Crippen LogP contribution in [0.15, 0.2) is 35.5 Å². The van der Waals surface area contributed by atoms with Gasteiger partial charge >= 0.3 is 0 Å². The lowest BCUT2D eigenvalue weighted by Gasteiger charge is -2.08. The molecule has 3 rings (SSSR count). The number of unbranched alkanes of at least 4 members (excludes halogenated alkanes) is 3. The molecule has 146 valence electrons. The van der Waals surface area contributed by atoms with Gasteiger partial charge in [0.2, 0.25) is 20.9 Å². The first-order valence-electron chi connectivity index (χ1n) is 8.45. The Morgan fingerprint density at radius 2 is 1.89 bits per heavy atom. The minimum atomic E-state index is -3.97. The van der Waals surface area contributed by atoms with Gasteiger partial charge in [-0.3, -0.25) is 4.40 Å². The molecule has 3 aromatic rings. The largest absolute Gasteiger partial charge is 0.355 e. The van der Waals surface area contributed by atoms with Crippen LogP contribution in [-0.4, -0.2) is 35.3 Å². The third-order valence-electron chi connectivity index (χ3n) is 3.91. The zero-order valence-corrected chi connectivity index (χ0v) is 16.0. The fourth-order valence-electron chi connectivity index (χ4n) is 2.55.